The van der Waals surface area contributed by atoms with Gasteiger partial charge < -0.3 is 14.6 Å². The molecule has 0 spiro atoms. The number of hydrogen-bond donors (Lipinski definition) is 1. The lowest BCUT2D eigenvalue weighted by Crippen LogP contribution is -2.23. The van der Waals surface area contributed by atoms with Crippen LogP contribution in [0.15, 0.2) is 33.7 Å². The molecule has 0 aliphatic carbocycles. The second kappa shape index (κ2) is 6.15. The summed E-state index contributed by atoms with van der Waals surface area (Å²) in [4.78, 5) is 11.0. The zero-order valence-corrected chi connectivity index (χ0v) is 13.2. The number of aromatic nitrogens is 1. The largest absolute Gasteiger partial charge is 0.501 e. The quantitative estimate of drug-likeness (QED) is 0.895. The Hall–Kier alpha value is -2.56. The van der Waals surface area contributed by atoms with E-state index in [1.54, 1.807) is 6.92 Å². The number of methoxy groups -OCH3 is 1. The molecule has 0 saturated carbocycles. The minimum absolute atomic E-state index is 0.0271. The summed E-state index contributed by atoms with van der Waals surface area (Å²) in [6.45, 7) is 1.57. The number of benzene rings is 1. The van der Waals surface area contributed by atoms with E-state index < -0.39 is 26.1 Å². The number of nitrogens with one attached hydrogen (secondary N) is 1. The van der Waals surface area contributed by atoms with Gasteiger partial charge >= 0.3 is 5.51 Å². The number of carbonyl (C=O) groups is 1. The number of rotatable bonds is 4. The summed E-state index contributed by atoms with van der Waals surface area (Å²) in [5.41, 5.74) is -5.31. The normalized spacial score (nSPS) is 12.0. The molecule has 2 rings (SSSR count). The first kappa shape index (κ1) is 17.8. The highest BCUT2D eigenvalue weighted by atomic mass is 32.2. The predicted molar refractivity (Wildman–Crippen MR) is 75.4 cm³/mol. The van der Waals surface area contributed by atoms with Crippen LogP contribution in [0.2, 0.25) is 0 Å². The van der Waals surface area contributed by atoms with Gasteiger partial charge in [-0.15, -0.1) is 0 Å². The number of carbonyl (C=O) groups excluding carboxylic acids is 1. The standard InChI is InChI=1S/C13H11F3N2O5S/c1-7-5-11(23-18-7)12(19)17-9-6-8(3-4-10(9)22-2)24(20,21)13(14,15)16/h3-6H,1-2H3,(H,17,19). The third-order valence-corrected chi connectivity index (χ3v) is 4.37. The monoisotopic (exact) mass is 364 g/mol. The Bertz CT molecular complexity index is 874. The van der Waals surface area contributed by atoms with Gasteiger partial charge in [0.2, 0.25) is 5.76 Å². The van der Waals surface area contributed by atoms with Crippen molar-refractivity contribution in [1.82, 2.24) is 5.16 Å². The molecule has 1 N–H and O–H groups in total. The van der Waals surface area contributed by atoms with Crippen LogP contribution in [0, 0.1) is 6.92 Å². The number of ether oxygens (including phenoxy) is 1. The van der Waals surface area contributed by atoms with Crippen molar-refractivity contribution in [2.75, 3.05) is 12.4 Å². The first-order valence-corrected chi connectivity index (χ1v) is 7.78. The number of aryl methyl sites for hydroxylation is 1. The smallest absolute Gasteiger partial charge is 0.495 e. The van der Waals surface area contributed by atoms with E-state index >= 15 is 0 Å². The third kappa shape index (κ3) is 3.35. The predicted octanol–water partition coefficient (Wildman–Crippen LogP) is 2.54. The van der Waals surface area contributed by atoms with E-state index in [0.717, 1.165) is 12.1 Å². The fourth-order valence-electron chi connectivity index (χ4n) is 1.74. The van der Waals surface area contributed by atoms with Crippen molar-refractivity contribution in [2.45, 2.75) is 17.3 Å². The fraction of sp³-hybridized carbons (Fsp3) is 0.231. The Balaban J connectivity index is 2.42. The van der Waals surface area contributed by atoms with Crippen molar-refractivity contribution >= 4 is 21.4 Å². The molecule has 1 aromatic carbocycles. The van der Waals surface area contributed by atoms with Gasteiger partial charge in [-0.2, -0.15) is 13.2 Å². The molecule has 0 atom stereocenters. The van der Waals surface area contributed by atoms with Crippen molar-refractivity contribution in [2.24, 2.45) is 0 Å². The number of hydrogen-bond acceptors (Lipinski definition) is 6. The molecule has 1 aromatic heterocycles. The second-order valence-corrected chi connectivity index (χ2v) is 6.54. The molecule has 0 saturated heterocycles. The molecule has 0 aliphatic heterocycles. The summed E-state index contributed by atoms with van der Waals surface area (Å²) in [7, 11) is -4.35. The number of amides is 1. The van der Waals surface area contributed by atoms with Crippen molar-refractivity contribution in [3.05, 3.63) is 35.7 Å². The van der Waals surface area contributed by atoms with Gasteiger partial charge in [0.25, 0.3) is 15.7 Å². The average molecular weight is 364 g/mol. The molecule has 1 heterocycles. The summed E-state index contributed by atoms with van der Waals surface area (Å²) in [5, 5.41) is 5.72. The van der Waals surface area contributed by atoms with Gasteiger partial charge in [0.15, 0.2) is 0 Å². The first-order valence-electron chi connectivity index (χ1n) is 6.30. The van der Waals surface area contributed by atoms with Crippen LogP contribution in [0.1, 0.15) is 16.2 Å². The third-order valence-electron chi connectivity index (χ3n) is 2.89. The van der Waals surface area contributed by atoms with E-state index in [0.29, 0.717) is 11.8 Å². The van der Waals surface area contributed by atoms with Crippen LogP contribution < -0.4 is 10.1 Å². The fourth-order valence-corrected chi connectivity index (χ4v) is 2.53. The van der Waals surface area contributed by atoms with Gasteiger partial charge in [0, 0.05) is 6.07 Å². The molecule has 0 bridgehead atoms. The molecule has 0 unspecified atom stereocenters. The van der Waals surface area contributed by atoms with Crippen LogP contribution in [-0.2, 0) is 9.84 Å². The molecule has 0 fully saturated rings. The highest BCUT2D eigenvalue weighted by Crippen LogP contribution is 2.34. The Morgan fingerprint density at radius 2 is 1.96 bits per heavy atom. The maximum Gasteiger partial charge on any atom is 0.501 e. The van der Waals surface area contributed by atoms with Gasteiger partial charge in [-0.05, 0) is 25.1 Å². The lowest BCUT2D eigenvalue weighted by Gasteiger charge is -2.13. The van der Waals surface area contributed by atoms with Crippen molar-refractivity contribution in [1.29, 1.82) is 0 Å². The lowest BCUT2D eigenvalue weighted by molar-refractivity contribution is -0.0436. The minimum Gasteiger partial charge on any atom is -0.495 e. The number of nitrogens with zero attached hydrogens (tertiary/aromatic N) is 1. The topological polar surface area (TPSA) is 98.5 Å². The molecule has 24 heavy (non-hydrogen) atoms. The van der Waals surface area contributed by atoms with Crippen LogP contribution >= 0.6 is 0 Å². The van der Waals surface area contributed by atoms with Crippen LogP contribution in [-0.4, -0.2) is 32.1 Å². The Morgan fingerprint density at radius 1 is 1.29 bits per heavy atom. The number of sulfone groups is 1. The van der Waals surface area contributed by atoms with E-state index in [9.17, 15) is 26.4 Å². The Morgan fingerprint density at radius 3 is 2.46 bits per heavy atom. The zero-order valence-electron chi connectivity index (χ0n) is 12.3. The number of anilines is 1. The summed E-state index contributed by atoms with van der Waals surface area (Å²) in [6, 6.07) is 3.69. The minimum atomic E-state index is -5.56. The van der Waals surface area contributed by atoms with Gasteiger partial charge in [-0.25, -0.2) is 8.42 Å². The van der Waals surface area contributed by atoms with Crippen LogP contribution in [0.5, 0.6) is 5.75 Å². The van der Waals surface area contributed by atoms with E-state index in [1.807, 2.05) is 0 Å². The van der Waals surface area contributed by atoms with E-state index in [4.69, 9.17) is 9.26 Å². The van der Waals surface area contributed by atoms with Crippen molar-refractivity contribution < 1.29 is 35.6 Å². The highest BCUT2D eigenvalue weighted by Gasteiger charge is 2.47. The first-order chi connectivity index (χ1) is 11.1. The Kier molecular flexibility index (Phi) is 4.56. The molecule has 7 nitrogen and oxygen atoms in total. The van der Waals surface area contributed by atoms with Gasteiger partial charge in [-0.1, -0.05) is 5.16 Å². The second-order valence-electron chi connectivity index (χ2n) is 4.60. The molecule has 130 valence electrons. The molecular weight excluding hydrogens is 353 g/mol. The molecule has 0 aliphatic rings. The van der Waals surface area contributed by atoms with Crippen molar-refractivity contribution in [3.63, 3.8) is 0 Å². The molecule has 1 amide bonds. The number of halogens is 3. The maximum absolute atomic E-state index is 12.6. The van der Waals surface area contributed by atoms with Gasteiger partial charge in [0.05, 0.1) is 23.4 Å². The van der Waals surface area contributed by atoms with Gasteiger partial charge in [-0.3, -0.25) is 4.79 Å². The SMILES string of the molecule is COc1ccc(S(=O)(=O)C(F)(F)F)cc1NC(=O)c1cc(C)no1. The number of alkyl halides is 3. The van der Waals surface area contributed by atoms with Crippen LogP contribution in [0.3, 0.4) is 0 Å². The summed E-state index contributed by atoms with van der Waals surface area (Å²) in [6.07, 6.45) is 0. The Labute approximate surface area is 134 Å². The van der Waals surface area contributed by atoms with Crippen LogP contribution in [0.25, 0.3) is 0 Å². The zero-order chi connectivity index (χ0) is 18.1. The van der Waals surface area contributed by atoms with Crippen molar-refractivity contribution in [3.8, 4) is 5.75 Å². The van der Waals surface area contributed by atoms with E-state index in [1.165, 1.54) is 13.2 Å². The molecule has 2 aromatic rings. The maximum atomic E-state index is 12.6. The molecule has 0 radical (unpaired) electrons. The summed E-state index contributed by atoms with van der Waals surface area (Å²) < 4.78 is 70.4. The van der Waals surface area contributed by atoms with Gasteiger partial charge in [0.1, 0.15) is 5.75 Å². The van der Waals surface area contributed by atoms with E-state index in [2.05, 4.69) is 10.5 Å². The average Bonchev–Trinajstić information content (AvgIpc) is 2.92. The highest BCUT2D eigenvalue weighted by molar-refractivity contribution is 7.92. The molecule has 11 heteroatoms. The summed E-state index contributed by atoms with van der Waals surface area (Å²) >= 11 is 0. The van der Waals surface area contributed by atoms with E-state index in [-0.39, 0.29) is 17.2 Å². The summed E-state index contributed by atoms with van der Waals surface area (Å²) in [5.74, 6) is -1.05. The van der Waals surface area contributed by atoms with Crippen LogP contribution in [0.4, 0.5) is 18.9 Å². The lowest BCUT2D eigenvalue weighted by atomic mass is 10.2. The molecular formula is C13H11F3N2O5S.